The third-order valence-corrected chi connectivity index (χ3v) is 2.87. The van der Waals surface area contributed by atoms with Crippen molar-refractivity contribution in [1.82, 2.24) is 0 Å². The van der Waals surface area contributed by atoms with Gasteiger partial charge in [-0.25, -0.2) is 0 Å². The van der Waals surface area contributed by atoms with Crippen molar-refractivity contribution >= 4 is 5.91 Å². The van der Waals surface area contributed by atoms with Crippen LogP contribution in [-0.2, 0) is 0 Å². The predicted molar refractivity (Wildman–Crippen MR) is 72.3 cm³/mol. The average Bonchev–Trinajstić information content (AvgIpc) is 2.94. The molecule has 0 atom stereocenters. The van der Waals surface area contributed by atoms with Crippen LogP contribution in [0.1, 0.15) is 10.6 Å². The van der Waals surface area contributed by atoms with Gasteiger partial charge in [0.2, 0.25) is 0 Å². The molecule has 0 aliphatic carbocycles. The summed E-state index contributed by atoms with van der Waals surface area (Å²) in [5.74, 6) is 0.943. The van der Waals surface area contributed by atoms with Gasteiger partial charge in [-0.3, -0.25) is 4.79 Å². The molecule has 0 saturated carbocycles. The van der Waals surface area contributed by atoms with Crippen LogP contribution in [0.25, 0.3) is 11.1 Å². The summed E-state index contributed by atoms with van der Waals surface area (Å²) in [7, 11) is 4.57. The topological polar surface area (TPSA) is 83.9 Å². The average molecular weight is 277 g/mol. The van der Waals surface area contributed by atoms with Gasteiger partial charge in [0.05, 0.1) is 33.2 Å². The molecule has 1 amide bonds. The van der Waals surface area contributed by atoms with Crippen LogP contribution in [0.15, 0.2) is 28.9 Å². The highest BCUT2D eigenvalue weighted by molar-refractivity contribution is 5.99. The van der Waals surface area contributed by atoms with Gasteiger partial charge in [0.15, 0.2) is 5.76 Å². The second-order valence-corrected chi connectivity index (χ2v) is 3.93. The summed E-state index contributed by atoms with van der Waals surface area (Å²) >= 11 is 0. The molecule has 6 heteroatoms. The van der Waals surface area contributed by atoms with Gasteiger partial charge in [0.1, 0.15) is 17.2 Å². The third kappa shape index (κ3) is 2.27. The predicted octanol–water partition coefficient (Wildman–Crippen LogP) is 2.07. The number of nitrogens with two attached hydrogens (primary N) is 1. The summed E-state index contributed by atoms with van der Waals surface area (Å²) in [5.41, 5.74) is 6.39. The van der Waals surface area contributed by atoms with Gasteiger partial charge in [-0.2, -0.15) is 0 Å². The molecule has 0 aliphatic heterocycles. The molecular formula is C14H15NO5. The van der Waals surface area contributed by atoms with Crippen LogP contribution in [0.4, 0.5) is 0 Å². The van der Waals surface area contributed by atoms with Crippen LogP contribution >= 0.6 is 0 Å². The second kappa shape index (κ2) is 5.56. The van der Waals surface area contributed by atoms with Gasteiger partial charge in [-0.15, -0.1) is 0 Å². The van der Waals surface area contributed by atoms with Crippen LogP contribution in [0.3, 0.4) is 0 Å². The molecule has 2 N–H and O–H groups in total. The maximum absolute atomic E-state index is 11.4. The highest BCUT2D eigenvalue weighted by Crippen LogP contribution is 2.43. The Labute approximate surface area is 116 Å². The van der Waals surface area contributed by atoms with Gasteiger partial charge in [-0.05, 0) is 6.07 Å². The number of amides is 1. The van der Waals surface area contributed by atoms with Crippen molar-refractivity contribution in [3.63, 3.8) is 0 Å². The molecule has 0 fully saturated rings. The molecule has 0 spiro atoms. The second-order valence-electron chi connectivity index (χ2n) is 3.93. The van der Waals surface area contributed by atoms with Crippen molar-refractivity contribution in [2.75, 3.05) is 21.3 Å². The summed E-state index contributed by atoms with van der Waals surface area (Å²) in [5, 5.41) is 0. The molecule has 1 heterocycles. The summed E-state index contributed by atoms with van der Waals surface area (Å²) in [6, 6.07) is 5.01. The van der Waals surface area contributed by atoms with Gasteiger partial charge >= 0.3 is 0 Å². The lowest BCUT2D eigenvalue weighted by Crippen LogP contribution is -2.11. The van der Waals surface area contributed by atoms with E-state index in [9.17, 15) is 4.79 Å². The fourth-order valence-corrected chi connectivity index (χ4v) is 1.97. The standard InChI is InChI=1S/C14H15NO5/c1-17-8-6-10(18-2)12(11(7-8)19-3)9-4-5-20-13(9)14(15)16/h4-7H,1-3H3,(H2,15,16). The lowest BCUT2D eigenvalue weighted by Gasteiger charge is -2.14. The first-order chi connectivity index (χ1) is 9.62. The maximum Gasteiger partial charge on any atom is 0.285 e. The van der Waals surface area contributed by atoms with Gasteiger partial charge < -0.3 is 24.4 Å². The zero-order valence-corrected chi connectivity index (χ0v) is 11.4. The number of hydrogen-bond donors (Lipinski definition) is 1. The molecule has 1 aromatic heterocycles. The van der Waals surface area contributed by atoms with Crippen molar-refractivity contribution < 1.29 is 23.4 Å². The fourth-order valence-electron chi connectivity index (χ4n) is 1.97. The molecule has 2 aromatic rings. The SMILES string of the molecule is COc1cc(OC)c(-c2ccoc2C(N)=O)c(OC)c1. The van der Waals surface area contributed by atoms with E-state index >= 15 is 0 Å². The van der Waals surface area contributed by atoms with Crippen LogP contribution < -0.4 is 19.9 Å². The quantitative estimate of drug-likeness (QED) is 0.904. The number of carbonyl (C=O) groups excluding carboxylic acids is 1. The van der Waals surface area contributed by atoms with E-state index in [1.165, 1.54) is 20.5 Å². The van der Waals surface area contributed by atoms with Gasteiger partial charge in [-0.1, -0.05) is 0 Å². The molecule has 0 radical (unpaired) electrons. The highest BCUT2D eigenvalue weighted by Gasteiger charge is 2.22. The van der Waals surface area contributed by atoms with Crippen LogP contribution in [0.5, 0.6) is 17.2 Å². The zero-order chi connectivity index (χ0) is 14.7. The van der Waals surface area contributed by atoms with E-state index in [4.69, 9.17) is 24.4 Å². The van der Waals surface area contributed by atoms with Gasteiger partial charge in [0.25, 0.3) is 5.91 Å². The summed E-state index contributed by atoms with van der Waals surface area (Å²) < 4.78 is 21.0. The molecule has 6 nitrogen and oxygen atoms in total. The molecule has 1 aromatic carbocycles. The summed E-state index contributed by atoms with van der Waals surface area (Å²) in [6.45, 7) is 0. The van der Waals surface area contributed by atoms with Gasteiger partial charge in [0, 0.05) is 17.7 Å². The van der Waals surface area contributed by atoms with E-state index in [0.717, 1.165) is 0 Å². The van der Waals surface area contributed by atoms with Crippen LogP contribution in [-0.4, -0.2) is 27.2 Å². The minimum atomic E-state index is -0.662. The molecule has 20 heavy (non-hydrogen) atoms. The van der Waals surface area contributed by atoms with Crippen molar-refractivity contribution in [1.29, 1.82) is 0 Å². The van der Waals surface area contributed by atoms with Crippen LogP contribution in [0, 0.1) is 0 Å². The first kappa shape index (κ1) is 13.8. The Balaban J connectivity index is 2.71. The normalized spacial score (nSPS) is 10.2. The molecule has 2 rings (SSSR count). The van der Waals surface area contributed by atoms with E-state index in [1.54, 1.807) is 25.3 Å². The number of carbonyl (C=O) groups is 1. The summed E-state index contributed by atoms with van der Waals surface area (Å²) in [6.07, 6.45) is 1.39. The van der Waals surface area contributed by atoms with Crippen molar-refractivity contribution in [2.45, 2.75) is 0 Å². The Morgan fingerprint density at radius 3 is 2.15 bits per heavy atom. The number of hydrogen-bond acceptors (Lipinski definition) is 5. The number of primary amides is 1. The number of ether oxygens (including phenoxy) is 3. The van der Waals surface area contributed by atoms with E-state index in [1.807, 2.05) is 0 Å². The molecule has 0 bridgehead atoms. The monoisotopic (exact) mass is 277 g/mol. The first-order valence-corrected chi connectivity index (χ1v) is 5.80. The number of methoxy groups -OCH3 is 3. The molecule has 0 aliphatic rings. The lowest BCUT2D eigenvalue weighted by atomic mass is 10.0. The molecule has 0 saturated heterocycles. The zero-order valence-electron chi connectivity index (χ0n) is 11.4. The van der Waals surface area contributed by atoms with Crippen molar-refractivity contribution in [3.05, 3.63) is 30.2 Å². The Morgan fingerprint density at radius 1 is 1.10 bits per heavy atom. The fraction of sp³-hybridized carbons (Fsp3) is 0.214. The Bertz CT molecular complexity index is 607. The van der Waals surface area contributed by atoms with Crippen molar-refractivity contribution in [2.24, 2.45) is 5.73 Å². The van der Waals surface area contributed by atoms with Crippen LogP contribution in [0.2, 0.25) is 0 Å². The number of rotatable bonds is 5. The van der Waals surface area contributed by atoms with Crippen molar-refractivity contribution in [3.8, 4) is 28.4 Å². The van der Waals surface area contributed by atoms with E-state index < -0.39 is 5.91 Å². The Hall–Kier alpha value is -2.63. The number of furan rings is 1. The largest absolute Gasteiger partial charge is 0.496 e. The van der Waals surface area contributed by atoms with E-state index in [2.05, 4.69) is 0 Å². The maximum atomic E-state index is 11.4. The Kier molecular flexibility index (Phi) is 3.84. The van der Waals surface area contributed by atoms with E-state index in [-0.39, 0.29) is 5.76 Å². The Morgan fingerprint density at radius 2 is 1.70 bits per heavy atom. The summed E-state index contributed by atoms with van der Waals surface area (Å²) in [4.78, 5) is 11.4. The van der Waals surface area contributed by atoms with E-state index in [0.29, 0.717) is 28.4 Å². The molecule has 106 valence electrons. The first-order valence-electron chi connectivity index (χ1n) is 5.80. The number of benzene rings is 1. The minimum absolute atomic E-state index is 0.0479. The molecule has 0 unspecified atom stereocenters. The third-order valence-electron chi connectivity index (χ3n) is 2.87. The smallest absolute Gasteiger partial charge is 0.285 e. The highest BCUT2D eigenvalue weighted by atomic mass is 16.5. The lowest BCUT2D eigenvalue weighted by molar-refractivity contribution is 0.0975. The molecular weight excluding hydrogens is 262 g/mol. The minimum Gasteiger partial charge on any atom is -0.496 e.